The number of rotatable bonds is 11. The summed E-state index contributed by atoms with van der Waals surface area (Å²) in [7, 11) is -1.58. The summed E-state index contributed by atoms with van der Waals surface area (Å²) >= 11 is 0. The topological polar surface area (TPSA) is 105 Å². The van der Waals surface area contributed by atoms with Gasteiger partial charge in [0.05, 0.1) is 13.2 Å². The predicted molar refractivity (Wildman–Crippen MR) is 138 cm³/mol. The Morgan fingerprint density at radius 2 is 1.74 bits per heavy atom. The molecule has 2 saturated heterocycles. The van der Waals surface area contributed by atoms with E-state index < -0.39 is 27.7 Å². The lowest BCUT2D eigenvalue weighted by atomic mass is 9.95. The van der Waals surface area contributed by atoms with Crippen LogP contribution in [-0.2, 0) is 20.5 Å². The number of piperidine rings is 1. The van der Waals surface area contributed by atoms with Gasteiger partial charge in [0.2, 0.25) is 5.91 Å². The summed E-state index contributed by atoms with van der Waals surface area (Å²) in [5.41, 5.74) is 6.87. The molecular formula is C25H38N4O5S. The number of benzene rings is 1. The summed E-state index contributed by atoms with van der Waals surface area (Å²) < 4.78 is 25.2. The van der Waals surface area contributed by atoms with Gasteiger partial charge in [-0.2, -0.15) is 0 Å². The molecule has 0 radical (unpaired) electrons. The number of carbonyl (C=O) groups is 2. The van der Waals surface area contributed by atoms with E-state index in [-0.39, 0.29) is 32.5 Å². The lowest BCUT2D eigenvalue weighted by molar-refractivity contribution is -0.121. The van der Waals surface area contributed by atoms with E-state index in [1.165, 1.54) is 0 Å². The van der Waals surface area contributed by atoms with Crippen molar-refractivity contribution in [3.63, 3.8) is 0 Å². The molecule has 0 spiro atoms. The van der Waals surface area contributed by atoms with Crippen molar-refractivity contribution in [1.82, 2.24) is 9.21 Å². The van der Waals surface area contributed by atoms with Crippen molar-refractivity contribution in [2.75, 3.05) is 57.4 Å². The number of hydrogen-bond donors (Lipinski definition) is 1. The molecule has 2 amide bonds. The number of unbranched alkanes of at least 4 members (excludes halogenated alkanes) is 1. The maximum Gasteiger partial charge on any atom is 0.409 e. The van der Waals surface area contributed by atoms with Crippen LogP contribution >= 0.6 is 0 Å². The third kappa shape index (κ3) is 6.76. The van der Waals surface area contributed by atoms with Crippen molar-refractivity contribution in [2.45, 2.75) is 43.8 Å². The standard InChI is InChI=1S/C25H38N4O5S/c1-3-5-19-33-22-9-7-21(8-10-22)27-15-17-29(18-16-27)35(32)25(23(26)30)11-13-28(14-12-25)24(31)34-20-6-4-2/h4,7-10H,2-3,5-6,11-20H2,1H3,(H2,26,30). The van der Waals surface area contributed by atoms with E-state index in [0.29, 0.717) is 32.6 Å². The number of hydrogen-bond acceptors (Lipinski definition) is 6. The lowest BCUT2D eigenvalue weighted by Gasteiger charge is -2.43. The van der Waals surface area contributed by atoms with Crippen LogP contribution in [0.5, 0.6) is 5.75 Å². The fraction of sp³-hybridized carbons (Fsp3) is 0.600. The molecule has 1 aromatic rings. The number of ether oxygens (including phenoxy) is 2. The van der Waals surface area contributed by atoms with Crippen LogP contribution in [0.4, 0.5) is 10.5 Å². The molecule has 10 heteroatoms. The lowest BCUT2D eigenvalue weighted by Crippen LogP contribution is -2.61. The monoisotopic (exact) mass is 506 g/mol. The van der Waals surface area contributed by atoms with E-state index >= 15 is 0 Å². The minimum absolute atomic E-state index is 0.255. The largest absolute Gasteiger partial charge is 0.494 e. The Balaban J connectivity index is 1.54. The first-order valence-corrected chi connectivity index (χ1v) is 13.5. The van der Waals surface area contributed by atoms with E-state index in [4.69, 9.17) is 15.2 Å². The number of amides is 2. The van der Waals surface area contributed by atoms with Crippen LogP contribution in [0.3, 0.4) is 0 Å². The summed E-state index contributed by atoms with van der Waals surface area (Å²) in [6.45, 7) is 9.81. The van der Waals surface area contributed by atoms with Crippen molar-refractivity contribution in [1.29, 1.82) is 0 Å². The van der Waals surface area contributed by atoms with Crippen LogP contribution in [0.2, 0.25) is 0 Å². The number of nitrogens with zero attached hydrogens (tertiary/aromatic N) is 3. The van der Waals surface area contributed by atoms with Gasteiger partial charge in [-0.3, -0.25) is 4.79 Å². The van der Waals surface area contributed by atoms with Gasteiger partial charge in [0.15, 0.2) is 0 Å². The number of nitrogens with two attached hydrogens (primary N) is 1. The van der Waals surface area contributed by atoms with E-state index in [1.54, 1.807) is 11.0 Å². The zero-order valence-electron chi connectivity index (χ0n) is 20.7. The molecule has 0 saturated carbocycles. The Labute approximate surface area is 210 Å². The van der Waals surface area contributed by atoms with Gasteiger partial charge in [0.1, 0.15) is 21.5 Å². The molecule has 2 N–H and O–H groups in total. The van der Waals surface area contributed by atoms with Crippen LogP contribution in [0, 0.1) is 0 Å². The van der Waals surface area contributed by atoms with Gasteiger partial charge in [-0.25, -0.2) is 13.3 Å². The van der Waals surface area contributed by atoms with Gasteiger partial charge in [-0.1, -0.05) is 19.4 Å². The molecule has 9 nitrogen and oxygen atoms in total. The number of piperazine rings is 1. The summed E-state index contributed by atoms with van der Waals surface area (Å²) in [5.74, 6) is 0.290. The molecule has 1 aromatic carbocycles. The first kappa shape index (κ1) is 27.0. The zero-order chi connectivity index (χ0) is 25.3. The maximum atomic E-state index is 13.6. The number of likely N-dealkylation sites (tertiary alicyclic amines) is 1. The van der Waals surface area contributed by atoms with E-state index in [2.05, 4.69) is 18.4 Å². The van der Waals surface area contributed by atoms with Crippen LogP contribution in [0.15, 0.2) is 36.9 Å². The zero-order valence-corrected chi connectivity index (χ0v) is 21.5. The van der Waals surface area contributed by atoms with E-state index in [9.17, 15) is 13.8 Å². The van der Waals surface area contributed by atoms with Crippen molar-refractivity contribution in [2.24, 2.45) is 5.73 Å². The molecule has 2 heterocycles. The second-order valence-electron chi connectivity index (χ2n) is 8.90. The summed E-state index contributed by atoms with van der Waals surface area (Å²) in [6.07, 6.45) is 4.48. The molecule has 0 aromatic heterocycles. The van der Waals surface area contributed by atoms with Gasteiger partial charge in [-0.05, 0) is 49.9 Å². The highest BCUT2D eigenvalue weighted by Gasteiger charge is 2.49. The average Bonchev–Trinajstić information content (AvgIpc) is 2.89. The minimum atomic E-state index is -1.58. The van der Waals surface area contributed by atoms with Crippen LogP contribution in [-0.4, -0.2) is 82.6 Å². The molecule has 194 valence electrons. The Hall–Kier alpha value is -2.59. The highest BCUT2D eigenvalue weighted by Crippen LogP contribution is 2.32. The van der Waals surface area contributed by atoms with Crippen molar-refractivity contribution < 1.29 is 23.3 Å². The molecule has 0 bridgehead atoms. The Morgan fingerprint density at radius 3 is 2.31 bits per heavy atom. The van der Waals surface area contributed by atoms with Crippen LogP contribution in [0.1, 0.15) is 39.0 Å². The first-order valence-electron chi connectivity index (χ1n) is 12.4. The van der Waals surface area contributed by atoms with Crippen molar-refractivity contribution in [3.8, 4) is 5.75 Å². The van der Waals surface area contributed by atoms with E-state index in [0.717, 1.165) is 30.9 Å². The van der Waals surface area contributed by atoms with Gasteiger partial charge in [-0.15, -0.1) is 6.58 Å². The number of carbonyl (C=O) groups excluding carboxylic acids is 2. The Kier molecular flexibility index (Phi) is 9.97. The van der Waals surface area contributed by atoms with Gasteiger partial charge in [0.25, 0.3) is 0 Å². The molecule has 1 unspecified atom stereocenters. The SMILES string of the molecule is C=CCCOC(=O)N1CCC(C(N)=O)(S(=O)N2CCN(c3ccc(OCCCC)cc3)CC2)CC1. The van der Waals surface area contributed by atoms with Gasteiger partial charge >= 0.3 is 6.09 Å². The maximum absolute atomic E-state index is 13.6. The summed E-state index contributed by atoms with van der Waals surface area (Å²) in [5, 5.41) is 0. The minimum Gasteiger partial charge on any atom is -0.494 e. The van der Waals surface area contributed by atoms with Crippen molar-refractivity contribution in [3.05, 3.63) is 36.9 Å². The van der Waals surface area contributed by atoms with Gasteiger partial charge < -0.3 is 25.0 Å². The quantitative estimate of drug-likeness (QED) is 0.365. The second-order valence-corrected chi connectivity index (χ2v) is 10.7. The molecular weight excluding hydrogens is 468 g/mol. The Morgan fingerprint density at radius 1 is 1.09 bits per heavy atom. The number of primary amides is 1. The summed E-state index contributed by atoms with van der Waals surface area (Å²) in [6, 6.07) is 8.05. The summed E-state index contributed by atoms with van der Waals surface area (Å²) in [4.78, 5) is 28.5. The van der Waals surface area contributed by atoms with Crippen LogP contribution in [0.25, 0.3) is 0 Å². The highest BCUT2D eigenvalue weighted by molar-refractivity contribution is 7.85. The highest BCUT2D eigenvalue weighted by atomic mass is 32.2. The third-order valence-electron chi connectivity index (χ3n) is 6.60. The smallest absolute Gasteiger partial charge is 0.409 e. The fourth-order valence-corrected chi connectivity index (χ4v) is 6.02. The third-order valence-corrected chi connectivity index (χ3v) is 8.71. The molecule has 35 heavy (non-hydrogen) atoms. The molecule has 3 rings (SSSR count). The normalized spacial score (nSPS) is 19.1. The molecule has 2 aliphatic heterocycles. The molecule has 2 aliphatic rings. The fourth-order valence-electron chi connectivity index (χ4n) is 4.33. The second kappa shape index (κ2) is 12.9. The predicted octanol–water partition coefficient (Wildman–Crippen LogP) is 2.68. The molecule has 1 atom stereocenters. The molecule has 0 aliphatic carbocycles. The van der Waals surface area contributed by atoms with E-state index in [1.807, 2.05) is 28.6 Å². The van der Waals surface area contributed by atoms with Crippen molar-refractivity contribution >= 4 is 28.7 Å². The van der Waals surface area contributed by atoms with Crippen LogP contribution < -0.4 is 15.4 Å². The Bertz CT molecular complexity index is 878. The van der Waals surface area contributed by atoms with Gasteiger partial charge in [0, 0.05) is 45.0 Å². The average molecular weight is 507 g/mol. The number of anilines is 1. The first-order chi connectivity index (χ1) is 16.9. The molecule has 2 fully saturated rings.